The van der Waals surface area contributed by atoms with Gasteiger partial charge in [0.25, 0.3) is 0 Å². The molecule has 0 aliphatic heterocycles. The largest absolute Gasteiger partial charge is 0.401 e. The number of allylic oxidation sites excluding steroid dienone is 1. The average molecular weight is 356 g/mol. The molecule has 6 heteroatoms. The number of rotatable bonds is 7. The fraction of sp³-hybridized carbons (Fsp3) is 0.250. The second-order valence-corrected chi connectivity index (χ2v) is 6.46. The van der Waals surface area contributed by atoms with E-state index in [1.807, 2.05) is 12.1 Å². The van der Waals surface area contributed by atoms with Gasteiger partial charge in [-0.3, -0.25) is 0 Å². The molecule has 0 saturated heterocycles. The monoisotopic (exact) mass is 356 g/mol. The Morgan fingerprint density at radius 2 is 1.73 bits per heavy atom. The van der Waals surface area contributed by atoms with Crippen LogP contribution in [0.15, 0.2) is 60.4 Å². The molecule has 0 aliphatic rings. The van der Waals surface area contributed by atoms with Crippen LogP contribution in [0.4, 0.5) is 26.2 Å². The van der Waals surface area contributed by atoms with Crippen molar-refractivity contribution in [3.63, 3.8) is 0 Å². The van der Waals surface area contributed by atoms with Crippen molar-refractivity contribution in [3.8, 4) is 0 Å². The molecule has 26 heavy (non-hydrogen) atoms. The van der Waals surface area contributed by atoms with Crippen LogP contribution in [0.3, 0.4) is 0 Å². The van der Waals surface area contributed by atoms with E-state index in [9.17, 15) is 9.18 Å². The van der Waals surface area contributed by atoms with Crippen LogP contribution in [0.2, 0.25) is 0 Å². The van der Waals surface area contributed by atoms with Gasteiger partial charge in [0.15, 0.2) is 0 Å². The summed E-state index contributed by atoms with van der Waals surface area (Å²) in [6, 6.07) is 12.5. The van der Waals surface area contributed by atoms with Crippen LogP contribution in [0.1, 0.15) is 26.7 Å². The van der Waals surface area contributed by atoms with Crippen molar-refractivity contribution in [2.45, 2.75) is 26.7 Å². The Kier molecular flexibility index (Phi) is 7.02. The van der Waals surface area contributed by atoms with Crippen LogP contribution < -0.4 is 21.7 Å². The fourth-order valence-corrected chi connectivity index (χ4v) is 2.21. The molecule has 0 aliphatic carbocycles. The van der Waals surface area contributed by atoms with E-state index >= 15 is 0 Å². The van der Waals surface area contributed by atoms with Gasteiger partial charge in [-0.2, -0.15) is 0 Å². The van der Waals surface area contributed by atoms with Crippen LogP contribution in [-0.2, 0) is 0 Å². The van der Waals surface area contributed by atoms with Crippen molar-refractivity contribution in [3.05, 3.63) is 66.2 Å². The number of nitrogens with two attached hydrogens (primary N) is 1. The lowest BCUT2D eigenvalue weighted by Crippen LogP contribution is -2.19. The molecule has 0 fully saturated rings. The van der Waals surface area contributed by atoms with Crippen LogP contribution in [-0.4, -0.2) is 6.03 Å². The van der Waals surface area contributed by atoms with Gasteiger partial charge in [0.2, 0.25) is 0 Å². The Balaban J connectivity index is 1.85. The van der Waals surface area contributed by atoms with Crippen molar-refractivity contribution in [2.75, 3.05) is 16.0 Å². The molecule has 0 spiro atoms. The Morgan fingerprint density at radius 3 is 2.38 bits per heavy atom. The topological polar surface area (TPSA) is 79.2 Å². The Bertz CT molecular complexity index is 757. The van der Waals surface area contributed by atoms with Crippen LogP contribution >= 0.6 is 0 Å². The van der Waals surface area contributed by atoms with Gasteiger partial charge in [-0.05, 0) is 61.2 Å². The number of benzene rings is 2. The summed E-state index contributed by atoms with van der Waals surface area (Å²) in [7, 11) is 0. The maximum absolute atomic E-state index is 13.1. The third-order valence-electron chi connectivity index (χ3n) is 3.66. The lowest BCUT2D eigenvalue weighted by molar-refractivity contribution is 0.262. The molecule has 5 N–H and O–H groups in total. The summed E-state index contributed by atoms with van der Waals surface area (Å²) in [6.45, 7) is 4.33. The molecule has 0 heterocycles. The minimum Gasteiger partial charge on any atom is -0.401 e. The second kappa shape index (κ2) is 9.46. The molecule has 0 aromatic heterocycles. The summed E-state index contributed by atoms with van der Waals surface area (Å²) in [5.74, 6) is 0.213. The first-order valence-electron chi connectivity index (χ1n) is 8.57. The van der Waals surface area contributed by atoms with Gasteiger partial charge in [0.1, 0.15) is 5.82 Å². The van der Waals surface area contributed by atoms with Gasteiger partial charge in [-0.15, -0.1) is 0 Å². The summed E-state index contributed by atoms with van der Waals surface area (Å²) in [6.07, 6.45) is 3.69. The highest BCUT2D eigenvalue weighted by molar-refractivity contribution is 5.99. The fourth-order valence-electron chi connectivity index (χ4n) is 2.21. The van der Waals surface area contributed by atoms with E-state index < -0.39 is 11.8 Å². The number of amides is 2. The molecule has 2 rings (SSSR count). The molecule has 2 amide bonds. The normalized spacial score (nSPS) is 11.3. The van der Waals surface area contributed by atoms with E-state index in [0.717, 1.165) is 24.2 Å². The number of urea groups is 1. The molecular formula is C20H25FN4O. The molecule has 0 saturated carbocycles. The third-order valence-corrected chi connectivity index (χ3v) is 3.66. The number of carbonyl (C=O) groups excluding carboxylic acids is 1. The molecule has 5 nitrogen and oxygen atoms in total. The molecule has 2 aromatic carbocycles. The molecule has 138 valence electrons. The number of anilines is 3. The lowest BCUT2D eigenvalue weighted by atomic mass is 10.1. The average Bonchev–Trinajstić information content (AvgIpc) is 2.59. The standard InChI is InChI=1S/C20H25FN4O/c1-14(2)6-7-16(22)13-23-17-8-10-18(11-9-17)24-20(26)25-19-5-3-4-15(21)12-19/h3-5,8-14,23H,6-7,22H2,1-2H3,(H2,24,25,26)/b16-13-. The minimum atomic E-state index is -0.436. The van der Waals surface area contributed by atoms with Gasteiger partial charge in [0, 0.05) is 29.0 Å². The second-order valence-electron chi connectivity index (χ2n) is 6.46. The summed E-state index contributed by atoms with van der Waals surface area (Å²) in [5, 5.41) is 8.41. The Labute approximate surface area is 153 Å². The van der Waals surface area contributed by atoms with Crippen molar-refractivity contribution in [2.24, 2.45) is 11.7 Å². The number of halogens is 1. The van der Waals surface area contributed by atoms with Gasteiger partial charge in [0.05, 0.1) is 0 Å². The number of carbonyl (C=O) groups is 1. The molecule has 0 bridgehead atoms. The third kappa shape index (κ3) is 6.84. The first-order chi connectivity index (χ1) is 12.4. The van der Waals surface area contributed by atoms with Crippen molar-refractivity contribution in [1.82, 2.24) is 0 Å². The molecule has 2 aromatic rings. The predicted molar refractivity (Wildman–Crippen MR) is 105 cm³/mol. The maximum Gasteiger partial charge on any atom is 0.323 e. The van der Waals surface area contributed by atoms with E-state index in [1.165, 1.54) is 18.2 Å². The van der Waals surface area contributed by atoms with E-state index in [1.54, 1.807) is 24.4 Å². The SMILES string of the molecule is CC(C)CC/C(N)=C/Nc1ccc(NC(=O)Nc2cccc(F)c2)cc1. The van der Waals surface area contributed by atoms with Gasteiger partial charge in [-0.1, -0.05) is 19.9 Å². The number of hydrogen-bond acceptors (Lipinski definition) is 3. The molecular weight excluding hydrogens is 331 g/mol. The van der Waals surface area contributed by atoms with Gasteiger partial charge in [-0.25, -0.2) is 9.18 Å². The van der Waals surface area contributed by atoms with Gasteiger partial charge >= 0.3 is 6.03 Å². The first kappa shape index (κ1) is 19.3. The summed E-state index contributed by atoms with van der Waals surface area (Å²) in [5.41, 5.74) is 8.64. The van der Waals surface area contributed by atoms with Crippen molar-refractivity contribution in [1.29, 1.82) is 0 Å². The van der Waals surface area contributed by atoms with Crippen molar-refractivity contribution < 1.29 is 9.18 Å². The summed E-state index contributed by atoms with van der Waals surface area (Å²) in [4.78, 5) is 11.9. The zero-order valence-corrected chi connectivity index (χ0v) is 15.1. The predicted octanol–water partition coefficient (Wildman–Crippen LogP) is 5.12. The van der Waals surface area contributed by atoms with E-state index in [-0.39, 0.29) is 0 Å². The highest BCUT2D eigenvalue weighted by Gasteiger charge is 2.03. The smallest absolute Gasteiger partial charge is 0.323 e. The van der Waals surface area contributed by atoms with Crippen molar-refractivity contribution >= 4 is 23.1 Å². The lowest BCUT2D eigenvalue weighted by Gasteiger charge is -2.09. The van der Waals surface area contributed by atoms with E-state index in [4.69, 9.17) is 5.73 Å². The van der Waals surface area contributed by atoms with Crippen LogP contribution in [0, 0.1) is 11.7 Å². The van der Waals surface area contributed by atoms with E-state index in [2.05, 4.69) is 29.8 Å². The van der Waals surface area contributed by atoms with Crippen LogP contribution in [0.5, 0.6) is 0 Å². The quantitative estimate of drug-likeness (QED) is 0.556. The maximum atomic E-state index is 13.1. The zero-order valence-electron chi connectivity index (χ0n) is 15.1. The highest BCUT2D eigenvalue weighted by Crippen LogP contribution is 2.15. The Morgan fingerprint density at radius 1 is 1.08 bits per heavy atom. The summed E-state index contributed by atoms with van der Waals surface area (Å²) >= 11 is 0. The number of hydrogen-bond donors (Lipinski definition) is 4. The zero-order chi connectivity index (χ0) is 18.9. The Hall–Kier alpha value is -3.02. The van der Waals surface area contributed by atoms with E-state index in [0.29, 0.717) is 17.3 Å². The summed E-state index contributed by atoms with van der Waals surface area (Å²) < 4.78 is 13.1. The van der Waals surface area contributed by atoms with Gasteiger partial charge < -0.3 is 21.7 Å². The first-order valence-corrected chi connectivity index (χ1v) is 8.57. The minimum absolute atomic E-state index is 0.391. The molecule has 0 atom stereocenters. The van der Waals surface area contributed by atoms with Crippen LogP contribution in [0.25, 0.3) is 0 Å². The molecule has 0 radical (unpaired) electrons. The highest BCUT2D eigenvalue weighted by atomic mass is 19.1. The molecule has 0 unspecified atom stereocenters. The number of nitrogens with one attached hydrogen (secondary N) is 3.